The molecule has 0 aliphatic rings. The number of aliphatic carboxylic acids is 1. The van der Waals surface area contributed by atoms with E-state index in [4.69, 9.17) is 4.74 Å². The predicted molar refractivity (Wildman–Crippen MR) is 156 cm³/mol. The molecule has 3 rings (SSSR count). The molecule has 0 aliphatic heterocycles. The van der Waals surface area contributed by atoms with Crippen molar-refractivity contribution < 1.29 is 29.6 Å². The van der Waals surface area contributed by atoms with Gasteiger partial charge in [0.25, 0.3) is 0 Å². The molecule has 3 aromatic carbocycles. The molecule has 0 spiro atoms. The molecule has 0 unspecified atom stereocenters. The zero-order valence-corrected chi connectivity index (χ0v) is 23.2. The normalized spacial score (nSPS) is 12.6. The van der Waals surface area contributed by atoms with Crippen molar-refractivity contribution in [3.63, 3.8) is 0 Å². The van der Waals surface area contributed by atoms with E-state index in [1.54, 1.807) is 6.07 Å². The van der Waals surface area contributed by atoms with Crippen LogP contribution in [0.15, 0.2) is 72.8 Å². The number of ether oxygens (including phenoxy) is 1. The molecule has 0 aromatic heterocycles. The molecule has 0 saturated heterocycles. The van der Waals surface area contributed by atoms with E-state index in [1.807, 2.05) is 30.3 Å². The van der Waals surface area contributed by atoms with Crippen molar-refractivity contribution >= 4 is 23.7 Å². The number of thioether (sulfide) groups is 1. The average molecular weight is 551 g/mol. The van der Waals surface area contributed by atoms with Crippen molar-refractivity contribution in [1.82, 2.24) is 0 Å². The van der Waals surface area contributed by atoms with Gasteiger partial charge in [-0.15, -0.1) is 11.8 Å². The van der Waals surface area contributed by atoms with Gasteiger partial charge in [0.15, 0.2) is 6.10 Å². The number of carbonyl (C=O) groups is 2. The maximum atomic E-state index is 11.8. The highest BCUT2D eigenvalue weighted by atomic mass is 32.2. The third kappa shape index (κ3) is 9.44. The molecule has 6 nitrogen and oxygen atoms in total. The molecule has 0 aliphatic carbocycles. The van der Waals surface area contributed by atoms with Crippen LogP contribution in [0.5, 0.6) is 5.75 Å². The summed E-state index contributed by atoms with van der Waals surface area (Å²) in [5.41, 5.74) is 4.11. The molecular weight excluding hydrogens is 512 g/mol. The molecule has 7 heteroatoms. The van der Waals surface area contributed by atoms with Crippen molar-refractivity contribution in [2.45, 2.75) is 68.5 Å². The second-order valence-corrected chi connectivity index (χ2v) is 10.8. The smallest absolute Gasteiger partial charge is 0.335 e. The lowest BCUT2D eigenvalue weighted by molar-refractivity contribution is -0.146. The van der Waals surface area contributed by atoms with E-state index in [0.29, 0.717) is 11.5 Å². The third-order valence-corrected chi connectivity index (χ3v) is 8.21. The first-order chi connectivity index (χ1) is 18.9. The molecule has 0 heterocycles. The first-order valence-corrected chi connectivity index (χ1v) is 14.5. The molecule has 3 N–H and O–H groups in total. The number of hydrogen-bond acceptors (Lipinski definition) is 5. The molecule has 2 atom stereocenters. The van der Waals surface area contributed by atoms with Crippen LogP contribution in [0.3, 0.4) is 0 Å². The van der Waals surface area contributed by atoms with E-state index in [0.717, 1.165) is 42.4 Å². The molecule has 39 heavy (non-hydrogen) atoms. The summed E-state index contributed by atoms with van der Waals surface area (Å²) in [6, 6.07) is 22.9. The molecule has 0 amide bonds. The van der Waals surface area contributed by atoms with Gasteiger partial charge in [-0.3, -0.25) is 0 Å². The summed E-state index contributed by atoms with van der Waals surface area (Å²) in [5.74, 6) is -1.54. The van der Waals surface area contributed by atoms with Crippen LogP contribution >= 0.6 is 11.8 Å². The fourth-order valence-corrected chi connectivity index (χ4v) is 6.00. The topological polar surface area (TPSA) is 104 Å². The zero-order valence-electron chi connectivity index (χ0n) is 22.4. The van der Waals surface area contributed by atoms with Gasteiger partial charge in [0, 0.05) is 11.3 Å². The minimum absolute atomic E-state index is 0.115. The fraction of sp³-hybridized carbons (Fsp3) is 0.375. The van der Waals surface area contributed by atoms with Gasteiger partial charge in [-0.25, -0.2) is 9.59 Å². The number of aliphatic hydroxyl groups excluding tert-OH is 1. The molecule has 0 radical (unpaired) electrons. The zero-order chi connectivity index (χ0) is 28.0. The second kappa shape index (κ2) is 16.0. The van der Waals surface area contributed by atoms with Crippen LogP contribution in [0.1, 0.15) is 76.4 Å². The Balaban J connectivity index is 1.57. The summed E-state index contributed by atoms with van der Waals surface area (Å²) in [7, 11) is 1.47. The number of hydrogen-bond donors (Lipinski definition) is 3. The monoisotopic (exact) mass is 550 g/mol. The summed E-state index contributed by atoms with van der Waals surface area (Å²) in [6.45, 7) is 0. The highest BCUT2D eigenvalue weighted by Gasteiger charge is 2.29. The molecule has 0 saturated carbocycles. The number of aromatic carboxylic acids is 1. The van der Waals surface area contributed by atoms with E-state index in [2.05, 4.69) is 24.3 Å². The van der Waals surface area contributed by atoms with Crippen LogP contribution in [0, 0.1) is 0 Å². The first kappa shape index (κ1) is 30.3. The van der Waals surface area contributed by atoms with Crippen LogP contribution < -0.4 is 4.74 Å². The quantitative estimate of drug-likeness (QED) is 0.156. The van der Waals surface area contributed by atoms with Crippen molar-refractivity contribution in [1.29, 1.82) is 0 Å². The highest BCUT2D eigenvalue weighted by Crippen LogP contribution is 2.39. The lowest BCUT2D eigenvalue weighted by Crippen LogP contribution is -2.26. The number of aryl methyl sites for hydroxylation is 2. The molecule has 0 fully saturated rings. The summed E-state index contributed by atoms with van der Waals surface area (Å²) in [5, 5.41) is 28.8. The Morgan fingerprint density at radius 3 is 2.10 bits per heavy atom. The molecule has 208 valence electrons. The number of methoxy groups -OCH3 is 1. The van der Waals surface area contributed by atoms with Gasteiger partial charge in [-0.05, 0) is 54.5 Å². The van der Waals surface area contributed by atoms with Crippen molar-refractivity contribution in [2.75, 3.05) is 7.11 Å². The maximum Gasteiger partial charge on any atom is 0.335 e. The van der Waals surface area contributed by atoms with Crippen LogP contribution in [0.2, 0.25) is 0 Å². The van der Waals surface area contributed by atoms with Gasteiger partial charge >= 0.3 is 11.9 Å². The van der Waals surface area contributed by atoms with Gasteiger partial charge in [0.05, 0.1) is 17.9 Å². The van der Waals surface area contributed by atoms with Crippen LogP contribution in [-0.4, -0.2) is 40.5 Å². The number of rotatable bonds is 17. The summed E-state index contributed by atoms with van der Waals surface area (Å²) in [4.78, 5) is 23.1. The predicted octanol–water partition coefficient (Wildman–Crippen LogP) is 6.94. The van der Waals surface area contributed by atoms with Gasteiger partial charge in [-0.2, -0.15) is 0 Å². The number of aliphatic hydroxyl groups is 1. The second-order valence-electron chi connectivity index (χ2n) is 9.65. The van der Waals surface area contributed by atoms with Crippen molar-refractivity contribution in [3.8, 4) is 5.75 Å². The Morgan fingerprint density at radius 2 is 1.44 bits per heavy atom. The molecule has 3 aromatic rings. The fourth-order valence-electron chi connectivity index (χ4n) is 4.69. The third-order valence-electron chi connectivity index (χ3n) is 6.86. The minimum Gasteiger partial charge on any atom is -0.496 e. The Hall–Kier alpha value is -3.29. The Morgan fingerprint density at radius 1 is 0.795 bits per heavy atom. The average Bonchev–Trinajstić information content (AvgIpc) is 2.95. The van der Waals surface area contributed by atoms with Crippen LogP contribution in [0.4, 0.5) is 0 Å². The lowest BCUT2D eigenvalue weighted by atomic mass is 9.96. The molecule has 0 bridgehead atoms. The van der Waals surface area contributed by atoms with Gasteiger partial charge in [-0.1, -0.05) is 86.3 Å². The van der Waals surface area contributed by atoms with E-state index >= 15 is 0 Å². The van der Waals surface area contributed by atoms with Crippen molar-refractivity contribution in [3.05, 3.63) is 101 Å². The van der Waals surface area contributed by atoms with E-state index in [1.165, 1.54) is 62.3 Å². The molecular formula is C32H38O6S. The largest absolute Gasteiger partial charge is 0.496 e. The SMILES string of the molecule is COc1cc(C(=O)O)ccc1CS[C@@H](c1ccccc1CCCCCCCCc1ccccc1)[C@H](O)C(=O)O. The Kier molecular flexibility index (Phi) is 12.4. The summed E-state index contributed by atoms with van der Waals surface area (Å²) in [6.07, 6.45) is 7.24. The van der Waals surface area contributed by atoms with E-state index in [-0.39, 0.29) is 5.56 Å². The highest BCUT2D eigenvalue weighted by molar-refractivity contribution is 7.98. The van der Waals surface area contributed by atoms with Crippen LogP contribution in [-0.2, 0) is 23.4 Å². The summed E-state index contributed by atoms with van der Waals surface area (Å²) >= 11 is 1.31. The van der Waals surface area contributed by atoms with Gasteiger partial charge in [0.1, 0.15) is 5.75 Å². The minimum atomic E-state index is -1.58. The maximum absolute atomic E-state index is 11.8. The number of carboxylic acids is 2. The van der Waals surface area contributed by atoms with Gasteiger partial charge < -0.3 is 20.1 Å². The Bertz CT molecular complexity index is 1200. The first-order valence-electron chi connectivity index (χ1n) is 13.4. The lowest BCUT2D eigenvalue weighted by Gasteiger charge is -2.23. The number of carboxylic acid groups (broad SMARTS) is 2. The van der Waals surface area contributed by atoms with E-state index in [9.17, 15) is 24.9 Å². The number of unbranched alkanes of at least 4 members (excludes halogenated alkanes) is 5. The Labute approximate surface area is 235 Å². The number of benzene rings is 3. The van der Waals surface area contributed by atoms with E-state index < -0.39 is 23.3 Å². The van der Waals surface area contributed by atoms with Gasteiger partial charge in [0.2, 0.25) is 0 Å². The van der Waals surface area contributed by atoms with Crippen molar-refractivity contribution in [2.24, 2.45) is 0 Å². The standard InChI is InChI=1S/C32H38O6S/c1-38-28-21-25(31(34)35)19-20-26(28)22-39-30(29(33)32(36)37)27-18-12-11-17-24(27)16-10-5-3-2-4-7-13-23-14-8-6-9-15-23/h6,8-9,11-12,14-15,17-21,29-30,33H,2-5,7,10,13,16,22H2,1H3,(H,34,35)(H,36,37)/t29-,30-/m0/s1. The van der Waals surface area contributed by atoms with Crippen LogP contribution in [0.25, 0.3) is 0 Å². The summed E-state index contributed by atoms with van der Waals surface area (Å²) < 4.78 is 5.37.